The summed E-state index contributed by atoms with van der Waals surface area (Å²) in [5, 5.41) is 4.84. The third kappa shape index (κ3) is 3.48. The Labute approximate surface area is 171 Å². The minimum absolute atomic E-state index is 0.458. The summed E-state index contributed by atoms with van der Waals surface area (Å²) < 4.78 is 1.15. The fourth-order valence-electron chi connectivity index (χ4n) is 4.36. The second-order valence-electron chi connectivity index (χ2n) is 7.95. The van der Waals surface area contributed by atoms with Crippen LogP contribution in [0.25, 0.3) is 20.4 Å². The molecule has 3 aromatic heterocycles. The first kappa shape index (κ1) is 19.5. The van der Waals surface area contributed by atoms with Crippen LogP contribution in [0.1, 0.15) is 63.3 Å². The van der Waals surface area contributed by atoms with Gasteiger partial charge in [0, 0.05) is 24.2 Å². The van der Waals surface area contributed by atoms with Crippen LogP contribution in [0.2, 0.25) is 0 Å². The van der Waals surface area contributed by atoms with Gasteiger partial charge in [-0.2, -0.15) is 0 Å². The highest BCUT2D eigenvalue weighted by Crippen LogP contribution is 2.41. The Morgan fingerprint density at radius 1 is 1.11 bits per heavy atom. The molecule has 0 aromatic carbocycles. The van der Waals surface area contributed by atoms with E-state index < -0.39 is 0 Å². The highest BCUT2D eigenvalue weighted by molar-refractivity contribution is 7.26. The van der Waals surface area contributed by atoms with Gasteiger partial charge in [0.1, 0.15) is 17.0 Å². The van der Waals surface area contributed by atoms with E-state index in [-0.39, 0.29) is 0 Å². The summed E-state index contributed by atoms with van der Waals surface area (Å²) in [6, 6.07) is 0. The molecule has 150 valence electrons. The van der Waals surface area contributed by atoms with Crippen molar-refractivity contribution in [2.75, 3.05) is 31.5 Å². The third-order valence-corrected chi connectivity index (χ3v) is 7.00. The van der Waals surface area contributed by atoms with Crippen LogP contribution >= 0.6 is 11.3 Å². The number of anilines is 1. The Bertz CT molecular complexity index is 974. The Morgan fingerprint density at radius 3 is 2.57 bits per heavy atom. The fourth-order valence-corrected chi connectivity index (χ4v) is 5.50. The maximum atomic E-state index is 5.12. The molecule has 0 saturated heterocycles. The van der Waals surface area contributed by atoms with E-state index in [2.05, 4.69) is 42.9 Å². The van der Waals surface area contributed by atoms with E-state index >= 15 is 0 Å². The lowest BCUT2D eigenvalue weighted by atomic mass is 9.86. The van der Waals surface area contributed by atoms with Crippen molar-refractivity contribution in [3.63, 3.8) is 0 Å². The Kier molecular flexibility index (Phi) is 5.78. The van der Waals surface area contributed by atoms with Crippen molar-refractivity contribution in [3.05, 3.63) is 23.1 Å². The molecule has 1 aliphatic rings. The monoisotopic (exact) mass is 397 g/mol. The molecular weight excluding hydrogens is 366 g/mol. The van der Waals surface area contributed by atoms with Crippen LogP contribution in [0.5, 0.6) is 0 Å². The molecule has 5 nitrogen and oxygen atoms in total. The SMILES string of the molecule is CCN(CC)CCNc1ncnc2c1sc1nc(C(C)C)c3c(c12)CCCC3. The molecule has 0 atom stereocenters. The van der Waals surface area contributed by atoms with Crippen LogP contribution in [0, 0.1) is 0 Å². The molecule has 6 heteroatoms. The zero-order valence-electron chi connectivity index (χ0n) is 17.5. The summed E-state index contributed by atoms with van der Waals surface area (Å²) >= 11 is 1.75. The summed E-state index contributed by atoms with van der Waals surface area (Å²) in [6.45, 7) is 13.0. The van der Waals surface area contributed by atoms with Gasteiger partial charge in [0.15, 0.2) is 0 Å². The summed E-state index contributed by atoms with van der Waals surface area (Å²) in [5.74, 6) is 1.41. The topological polar surface area (TPSA) is 53.9 Å². The number of aromatic nitrogens is 3. The lowest BCUT2D eigenvalue weighted by molar-refractivity contribution is 0.316. The maximum Gasteiger partial charge on any atom is 0.147 e. The van der Waals surface area contributed by atoms with Gasteiger partial charge in [-0.1, -0.05) is 27.7 Å². The van der Waals surface area contributed by atoms with Gasteiger partial charge in [-0.05, 0) is 55.8 Å². The van der Waals surface area contributed by atoms with Crippen molar-refractivity contribution in [2.45, 2.75) is 59.3 Å². The molecule has 0 fully saturated rings. The summed E-state index contributed by atoms with van der Waals surface area (Å²) in [5.41, 5.74) is 5.36. The van der Waals surface area contributed by atoms with E-state index in [1.165, 1.54) is 35.0 Å². The number of aryl methyl sites for hydroxylation is 1. The van der Waals surface area contributed by atoms with Gasteiger partial charge < -0.3 is 10.2 Å². The van der Waals surface area contributed by atoms with E-state index in [9.17, 15) is 0 Å². The van der Waals surface area contributed by atoms with E-state index in [0.29, 0.717) is 5.92 Å². The highest BCUT2D eigenvalue weighted by atomic mass is 32.1. The normalized spacial score (nSPS) is 14.4. The highest BCUT2D eigenvalue weighted by Gasteiger charge is 2.24. The number of likely N-dealkylation sites (N-methyl/N-ethyl adjacent to an activating group) is 1. The van der Waals surface area contributed by atoms with Crippen molar-refractivity contribution in [2.24, 2.45) is 0 Å². The molecule has 0 radical (unpaired) electrons. The maximum absolute atomic E-state index is 5.12. The summed E-state index contributed by atoms with van der Waals surface area (Å²) in [4.78, 5) is 17.9. The van der Waals surface area contributed by atoms with Crippen LogP contribution in [0.3, 0.4) is 0 Å². The van der Waals surface area contributed by atoms with Gasteiger partial charge in [0.25, 0.3) is 0 Å². The number of pyridine rings is 1. The molecule has 0 unspecified atom stereocenters. The smallest absolute Gasteiger partial charge is 0.147 e. The zero-order chi connectivity index (χ0) is 19.7. The van der Waals surface area contributed by atoms with Crippen molar-refractivity contribution < 1.29 is 0 Å². The summed E-state index contributed by atoms with van der Waals surface area (Å²) in [6.07, 6.45) is 6.55. The average Bonchev–Trinajstić information content (AvgIpc) is 3.10. The summed E-state index contributed by atoms with van der Waals surface area (Å²) in [7, 11) is 0. The van der Waals surface area contributed by atoms with Crippen molar-refractivity contribution in [1.29, 1.82) is 0 Å². The first-order valence-electron chi connectivity index (χ1n) is 10.7. The van der Waals surface area contributed by atoms with Crippen molar-refractivity contribution >= 4 is 37.6 Å². The first-order valence-corrected chi connectivity index (χ1v) is 11.5. The second-order valence-corrected chi connectivity index (χ2v) is 8.95. The van der Waals surface area contributed by atoms with Gasteiger partial charge >= 0.3 is 0 Å². The Balaban J connectivity index is 1.78. The predicted molar refractivity (Wildman–Crippen MR) is 120 cm³/mol. The van der Waals surface area contributed by atoms with Crippen LogP contribution < -0.4 is 5.32 Å². The number of hydrogen-bond donors (Lipinski definition) is 1. The molecule has 1 aliphatic carbocycles. The molecule has 0 aliphatic heterocycles. The second kappa shape index (κ2) is 8.29. The van der Waals surface area contributed by atoms with Crippen LogP contribution in [-0.2, 0) is 12.8 Å². The Hall–Kier alpha value is -1.79. The quantitative estimate of drug-likeness (QED) is 0.608. The molecule has 3 heterocycles. The third-order valence-electron chi connectivity index (χ3n) is 5.92. The molecule has 1 N–H and O–H groups in total. The van der Waals surface area contributed by atoms with Gasteiger partial charge in [0.2, 0.25) is 0 Å². The number of nitrogens with one attached hydrogen (secondary N) is 1. The number of thiophene rings is 1. The molecule has 0 bridgehead atoms. The standard InChI is InChI=1S/C22H31N5S/c1-5-27(6-2)12-11-23-21-20-19(24-13-25-21)17-15-9-7-8-10-16(15)18(14(3)4)26-22(17)28-20/h13-14H,5-12H2,1-4H3,(H,23,24,25). The van der Waals surface area contributed by atoms with Crippen LogP contribution in [0.4, 0.5) is 5.82 Å². The van der Waals surface area contributed by atoms with Gasteiger partial charge in [-0.3, -0.25) is 0 Å². The lowest BCUT2D eigenvalue weighted by Crippen LogP contribution is -2.28. The zero-order valence-corrected chi connectivity index (χ0v) is 18.3. The molecule has 4 rings (SSSR count). The molecule has 28 heavy (non-hydrogen) atoms. The number of nitrogens with zero attached hydrogens (tertiary/aromatic N) is 4. The average molecular weight is 398 g/mol. The predicted octanol–water partition coefficient (Wildman–Crippen LogP) is 5.00. The largest absolute Gasteiger partial charge is 0.367 e. The van der Waals surface area contributed by atoms with Crippen molar-refractivity contribution in [1.82, 2.24) is 19.9 Å². The molecule has 0 amide bonds. The van der Waals surface area contributed by atoms with Gasteiger partial charge in [-0.25, -0.2) is 15.0 Å². The van der Waals surface area contributed by atoms with Crippen LogP contribution in [-0.4, -0.2) is 46.0 Å². The fraction of sp³-hybridized carbons (Fsp3) is 0.591. The molecule has 3 aromatic rings. The first-order chi connectivity index (χ1) is 13.6. The van der Waals surface area contributed by atoms with E-state index in [1.807, 2.05) is 0 Å². The number of rotatable bonds is 7. The van der Waals surface area contributed by atoms with Crippen molar-refractivity contribution in [3.8, 4) is 0 Å². The minimum Gasteiger partial charge on any atom is -0.367 e. The Morgan fingerprint density at radius 2 is 1.86 bits per heavy atom. The van der Waals surface area contributed by atoms with E-state index in [4.69, 9.17) is 9.97 Å². The van der Waals surface area contributed by atoms with E-state index in [0.717, 1.165) is 59.9 Å². The molecule has 0 saturated carbocycles. The number of hydrogen-bond acceptors (Lipinski definition) is 6. The van der Waals surface area contributed by atoms with Gasteiger partial charge in [-0.15, -0.1) is 11.3 Å². The minimum atomic E-state index is 0.458. The van der Waals surface area contributed by atoms with Crippen LogP contribution in [0.15, 0.2) is 6.33 Å². The lowest BCUT2D eigenvalue weighted by Gasteiger charge is -2.21. The van der Waals surface area contributed by atoms with Gasteiger partial charge in [0.05, 0.1) is 10.2 Å². The number of fused-ring (bicyclic) bond motifs is 5. The molecule has 0 spiro atoms. The van der Waals surface area contributed by atoms with E-state index in [1.54, 1.807) is 17.7 Å². The molecular formula is C22H31N5S.